The third kappa shape index (κ3) is 6.98. The summed E-state index contributed by atoms with van der Waals surface area (Å²) in [5, 5.41) is 0. The summed E-state index contributed by atoms with van der Waals surface area (Å²) in [6, 6.07) is 0. The van der Waals surface area contributed by atoms with Gasteiger partial charge in [0.15, 0.2) is 0 Å². The fourth-order valence-electron chi connectivity index (χ4n) is 2.68. The maximum atomic E-state index is 4.16. The van der Waals surface area contributed by atoms with Crippen molar-refractivity contribution in [2.45, 2.75) is 73.1 Å². The number of rotatable bonds is 8. The molecular weight excluding hydrogens is 252 g/mol. The van der Waals surface area contributed by atoms with Crippen LogP contribution >= 0.6 is 0 Å². The lowest BCUT2D eigenvalue weighted by molar-refractivity contribution is 0.589. The Morgan fingerprint density at radius 3 is 2.48 bits per heavy atom. The summed E-state index contributed by atoms with van der Waals surface area (Å²) < 4.78 is 0. The summed E-state index contributed by atoms with van der Waals surface area (Å²) >= 11 is 0. The Hall–Kier alpha value is -1.04. The Balaban J connectivity index is 2.31. The first-order valence-corrected chi connectivity index (χ1v) is 8.59. The van der Waals surface area contributed by atoms with E-state index in [1.807, 2.05) is 0 Å². The standard InChI is InChI=1S/C21H34/c1-16(2)19(5)13-10-17(3)8-7-9-20(6)21-14-11-18(4)12-15-21/h8,11,14,16,20H,5,7,9-10,12-13,15H2,1-4,6H3. The second kappa shape index (κ2) is 9.07. The molecule has 1 aliphatic rings. The summed E-state index contributed by atoms with van der Waals surface area (Å²) in [4.78, 5) is 0. The largest absolute Gasteiger partial charge is 0.0996 e. The van der Waals surface area contributed by atoms with Crippen LogP contribution in [0.15, 0.2) is 47.1 Å². The molecule has 1 unspecified atom stereocenters. The summed E-state index contributed by atoms with van der Waals surface area (Å²) in [5.41, 5.74) is 6.06. The van der Waals surface area contributed by atoms with E-state index in [1.54, 1.807) is 5.57 Å². The second-order valence-electron chi connectivity index (χ2n) is 7.10. The molecular formula is C21H34. The maximum Gasteiger partial charge on any atom is -0.0225 e. The fourth-order valence-corrected chi connectivity index (χ4v) is 2.68. The van der Waals surface area contributed by atoms with Gasteiger partial charge in [0.1, 0.15) is 0 Å². The Morgan fingerprint density at radius 1 is 1.19 bits per heavy atom. The lowest BCUT2D eigenvalue weighted by atomic mass is 9.88. The van der Waals surface area contributed by atoms with Crippen molar-refractivity contribution >= 4 is 0 Å². The molecule has 1 rings (SSSR count). The third-order valence-electron chi connectivity index (χ3n) is 4.77. The SMILES string of the molecule is C=C(CCC(C)=CCCC(C)C1=CC=C(C)CC1)C(C)C. The molecule has 0 aromatic carbocycles. The van der Waals surface area contributed by atoms with Gasteiger partial charge in [-0.05, 0) is 64.2 Å². The van der Waals surface area contributed by atoms with E-state index in [4.69, 9.17) is 0 Å². The predicted molar refractivity (Wildman–Crippen MR) is 96.4 cm³/mol. The van der Waals surface area contributed by atoms with Gasteiger partial charge in [0.2, 0.25) is 0 Å². The van der Waals surface area contributed by atoms with E-state index in [0.29, 0.717) is 5.92 Å². The van der Waals surface area contributed by atoms with E-state index < -0.39 is 0 Å². The van der Waals surface area contributed by atoms with Crippen LogP contribution in [0.4, 0.5) is 0 Å². The van der Waals surface area contributed by atoms with E-state index in [1.165, 1.54) is 48.8 Å². The van der Waals surface area contributed by atoms with Crippen molar-refractivity contribution in [3.8, 4) is 0 Å². The minimum atomic E-state index is 0.618. The Bertz CT molecular complexity index is 429. The van der Waals surface area contributed by atoms with Crippen LogP contribution in [0.1, 0.15) is 73.1 Å². The monoisotopic (exact) mass is 286 g/mol. The zero-order valence-corrected chi connectivity index (χ0v) is 14.8. The lowest BCUT2D eigenvalue weighted by Gasteiger charge is -2.18. The van der Waals surface area contributed by atoms with E-state index >= 15 is 0 Å². The van der Waals surface area contributed by atoms with Gasteiger partial charge in [-0.25, -0.2) is 0 Å². The van der Waals surface area contributed by atoms with Gasteiger partial charge >= 0.3 is 0 Å². The van der Waals surface area contributed by atoms with Gasteiger partial charge < -0.3 is 0 Å². The molecule has 0 N–H and O–H groups in total. The van der Waals surface area contributed by atoms with E-state index in [0.717, 1.165) is 12.3 Å². The molecule has 0 radical (unpaired) electrons. The Labute approximate surface area is 132 Å². The van der Waals surface area contributed by atoms with Crippen LogP contribution in [0, 0.1) is 11.8 Å². The van der Waals surface area contributed by atoms with E-state index in [-0.39, 0.29) is 0 Å². The van der Waals surface area contributed by atoms with Crippen molar-refractivity contribution in [3.63, 3.8) is 0 Å². The highest BCUT2D eigenvalue weighted by Crippen LogP contribution is 2.27. The molecule has 1 atom stereocenters. The average molecular weight is 287 g/mol. The van der Waals surface area contributed by atoms with Crippen molar-refractivity contribution in [2.75, 3.05) is 0 Å². The zero-order chi connectivity index (χ0) is 15.8. The summed E-state index contributed by atoms with van der Waals surface area (Å²) in [6.07, 6.45) is 14.4. The molecule has 0 bridgehead atoms. The van der Waals surface area contributed by atoms with Crippen LogP contribution in [0.5, 0.6) is 0 Å². The molecule has 21 heavy (non-hydrogen) atoms. The maximum absolute atomic E-state index is 4.16. The quantitative estimate of drug-likeness (QED) is 0.421. The van der Waals surface area contributed by atoms with E-state index in [2.05, 4.69) is 59.4 Å². The van der Waals surface area contributed by atoms with Gasteiger partial charge in [-0.1, -0.05) is 67.9 Å². The molecule has 118 valence electrons. The van der Waals surface area contributed by atoms with Gasteiger partial charge in [0.05, 0.1) is 0 Å². The molecule has 0 aromatic heterocycles. The molecule has 1 aliphatic carbocycles. The third-order valence-corrected chi connectivity index (χ3v) is 4.77. The van der Waals surface area contributed by atoms with Gasteiger partial charge in [0, 0.05) is 0 Å². The van der Waals surface area contributed by atoms with Crippen molar-refractivity contribution in [3.05, 3.63) is 47.1 Å². The van der Waals surface area contributed by atoms with E-state index in [9.17, 15) is 0 Å². The van der Waals surface area contributed by atoms with Crippen LogP contribution in [0.2, 0.25) is 0 Å². The Morgan fingerprint density at radius 2 is 1.90 bits per heavy atom. The molecule has 0 heterocycles. The van der Waals surface area contributed by atoms with Gasteiger partial charge in [-0.3, -0.25) is 0 Å². The molecule has 0 saturated carbocycles. The normalized spacial score (nSPS) is 17.5. The first-order chi connectivity index (χ1) is 9.90. The number of allylic oxidation sites excluding steroid dienone is 7. The second-order valence-corrected chi connectivity index (χ2v) is 7.10. The summed E-state index contributed by atoms with van der Waals surface area (Å²) in [7, 11) is 0. The van der Waals surface area contributed by atoms with Crippen molar-refractivity contribution < 1.29 is 0 Å². The molecule has 0 spiro atoms. The molecule has 0 heteroatoms. The van der Waals surface area contributed by atoms with Crippen LogP contribution < -0.4 is 0 Å². The average Bonchev–Trinajstić information content (AvgIpc) is 2.45. The van der Waals surface area contributed by atoms with Gasteiger partial charge in [-0.2, -0.15) is 0 Å². The fraction of sp³-hybridized carbons (Fsp3) is 0.619. The highest BCUT2D eigenvalue weighted by Gasteiger charge is 2.10. The van der Waals surface area contributed by atoms with Crippen LogP contribution in [0.25, 0.3) is 0 Å². The highest BCUT2D eigenvalue weighted by atomic mass is 14.2. The van der Waals surface area contributed by atoms with Crippen LogP contribution in [0.3, 0.4) is 0 Å². The summed E-state index contributed by atoms with van der Waals surface area (Å²) in [6.45, 7) is 15.5. The lowest BCUT2D eigenvalue weighted by Crippen LogP contribution is -2.02. The Kier molecular flexibility index (Phi) is 7.78. The van der Waals surface area contributed by atoms with Gasteiger partial charge in [-0.15, -0.1) is 0 Å². The smallest absolute Gasteiger partial charge is 0.0225 e. The van der Waals surface area contributed by atoms with Crippen molar-refractivity contribution in [1.29, 1.82) is 0 Å². The molecule has 0 aromatic rings. The van der Waals surface area contributed by atoms with Crippen molar-refractivity contribution in [2.24, 2.45) is 11.8 Å². The highest BCUT2D eigenvalue weighted by molar-refractivity contribution is 5.24. The number of hydrogen-bond acceptors (Lipinski definition) is 0. The van der Waals surface area contributed by atoms with Crippen LogP contribution in [-0.2, 0) is 0 Å². The zero-order valence-electron chi connectivity index (χ0n) is 14.8. The molecule has 0 fully saturated rings. The molecule has 0 nitrogen and oxygen atoms in total. The predicted octanol–water partition coefficient (Wildman–Crippen LogP) is 7.01. The first kappa shape index (κ1) is 18.0. The van der Waals surface area contributed by atoms with Crippen molar-refractivity contribution in [1.82, 2.24) is 0 Å². The minimum Gasteiger partial charge on any atom is -0.0996 e. The molecule has 0 amide bonds. The van der Waals surface area contributed by atoms with Gasteiger partial charge in [0.25, 0.3) is 0 Å². The molecule has 0 saturated heterocycles. The minimum absolute atomic E-state index is 0.618. The first-order valence-electron chi connectivity index (χ1n) is 8.59. The van der Waals surface area contributed by atoms with Crippen LogP contribution in [-0.4, -0.2) is 0 Å². The number of hydrogen-bond donors (Lipinski definition) is 0. The topological polar surface area (TPSA) is 0 Å². The molecule has 0 aliphatic heterocycles. The summed E-state index contributed by atoms with van der Waals surface area (Å²) in [5.74, 6) is 1.34.